The van der Waals surface area contributed by atoms with Gasteiger partial charge in [0.15, 0.2) is 0 Å². The maximum absolute atomic E-state index is 12.7. The van der Waals surface area contributed by atoms with E-state index in [0.29, 0.717) is 11.6 Å². The number of hydrogen-bond donors (Lipinski definition) is 2. The largest absolute Gasteiger partial charge is 0.395 e. The lowest BCUT2D eigenvalue weighted by Crippen LogP contribution is -2.34. The summed E-state index contributed by atoms with van der Waals surface area (Å²) in [5.74, 6) is -0.0474. The number of hydrogen-bond acceptors (Lipinski definition) is 3. The molecule has 3 rings (SSSR count). The topological polar surface area (TPSA) is 69.2 Å². The standard InChI is InChI=1S/C18H18ClN3O2/c19-15-3-4-17-16(9-15)14(11-21-17)8-18(24)22(6-7-23)12-13-2-1-5-20-10-13/h1-5,9-11,21,23H,6-8,12H2. The molecule has 1 amide bonds. The molecule has 24 heavy (non-hydrogen) atoms. The monoisotopic (exact) mass is 343 g/mol. The molecule has 5 nitrogen and oxygen atoms in total. The molecule has 0 bridgehead atoms. The van der Waals surface area contributed by atoms with Gasteiger partial charge in [0.1, 0.15) is 0 Å². The number of benzene rings is 1. The first kappa shape index (κ1) is 16.5. The molecular formula is C18H18ClN3O2. The Hall–Kier alpha value is -2.37. The van der Waals surface area contributed by atoms with Crippen LogP contribution in [0.3, 0.4) is 0 Å². The van der Waals surface area contributed by atoms with Gasteiger partial charge in [-0.05, 0) is 35.4 Å². The van der Waals surface area contributed by atoms with Crippen LogP contribution >= 0.6 is 11.6 Å². The molecule has 0 aliphatic rings. The number of aromatic amines is 1. The Morgan fingerprint density at radius 2 is 2.21 bits per heavy atom. The van der Waals surface area contributed by atoms with E-state index in [0.717, 1.165) is 22.0 Å². The first-order chi connectivity index (χ1) is 11.7. The van der Waals surface area contributed by atoms with Gasteiger partial charge in [-0.3, -0.25) is 9.78 Å². The molecule has 0 aliphatic carbocycles. The maximum atomic E-state index is 12.7. The molecule has 0 radical (unpaired) electrons. The van der Waals surface area contributed by atoms with Crippen LogP contribution in [-0.2, 0) is 17.8 Å². The fourth-order valence-corrected chi connectivity index (χ4v) is 2.87. The molecule has 2 heterocycles. The van der Waals surface area contributed by atoms with Gasteiger partial charge in [-0.1, -0.05) is 17.7 Å². The SMILES string of the molecule is O=C(Cc1c[nH]c2ccc(Cl)cc12)N(CCO)Cc1cccnc1. The number of nitrogens with one attached hydrogen (secondary N) is 1. The van der Waals surface area contributed by atoms with Crippen molar-refractivity contribution in [2.45, 2.75) is 13.0 Å². The first-order valence-corrected chi connectivity index (χ1v) is 8.08. The number of fused-ring (bicyclic) bond motifs is 1. The summed E-state index contributed by atoms with van der Waals surface area (Å²) in [6, 6.07) is 9.31. The predicted molar refractivity (Wildman–Crippen MR) is 93.8 cm³/mol. The minimum absolute atomic E-state index is 0.0474. The van der Waals surface area contributed by atoms with Crippen molar-refractivity contribution in [3.8, 4) is 0 Å². The zero-order valence-electron chi connectivity index (χ0n) is 13.1. The number of aliphatic hydroxyl groups excluding tert-OH is 1. The lowest BCUT2D eigenvalue weighted by atomic mass is 10.1. The van der Waals surface area contributed by atoms with Crippen LogP contribution < -0.4 is 0 Å². The third-order valence-corrected chi connectivity index (χ3v) is 4.13. The smallest absolute Gasteiger partial charge is 0.227 e. The van der Waals surface area contributed by atoms with Crippen molar-refractivity contribution in [1.29, 1.82) is 0 Å². The molecule has 124 valence electrons. The van der Waals surface area contributed by atoms with Crippen LogP contribution in [0.25, 0.3) is 10.9 Å². The Balaban J connectivity index is 1.78. The minimum Gasteiger partial charge on any atom is -0.395 e. The van der Waals surface area contributed by atoms with Crippen LogP contribution in [0.1, 0.15) is 11.1 Å². The van der Waals surface area contributed by atoms with Gasteiger partial charge in [0.2, 0.25) is 5.91 Å². The number of H-pyrrole nitrogens is 1. The van der Waals surface area contributed by atoms with E-state index in [1.165, 1.54) is 0 Å². The van der Waals surface area contributed by atoms with Crippen molar-refractivity contribution < 1.29 is 9.90 Å². The molecular weight excluding hydrogens is 326 g/mol. The lowest BCUT2D eigenvalue weighted by molar-refractivity contribution is -0.131. The van der Waals surface area contributed by atoms with Crippen LogP contribution in [0, 0.1) is 0 Å². The second-order valence-electron chi connectivity index (χ2n) is 5.58. The number of aliphatic hydroxyl groups is 1. The van der Waals surface area contributed by atoms with Crippen LogP contribution in [0.4, 0.5) is 0 Å². The van der Waals surface area contributed by atoms with Crippen molar-refractivity contribution in [1.82, 2.24) is 14.9 Å². The zero-order chi connectivity index (χ0) is 16.9. The summed E-state index contributed by atoms with van der Waals surface area (Å²) in [5, 5.41) is 10.8. The number of nitrogens with zero attached hydrogens (tertiary/aromatic N) is 2. The Morgan fingerprint density at radius 1 is 1.33 bits per heavy atom. The molecule has 6 heteroatoms. The van der Waals surface area contributed by atoms with E-state index in [4.69, 9.17) is 11.6 Å². The molecule has 2 N–H and O–H groups in total. The number of halogens is 1. The molecule has 0 saturated heterocycles. The molecule has 0 saturated carbocycles. The number of aromatic nitrogens is 2. The average molecular weight is 344 g/mol. The van der Waals surface area contributed by atoms with Gasteiger partial charge in [0.05, 0.1) is 13.0 Å². The summed E-state index contributed by atoms with van der Waals surface area (Å²) >= 11 is 6.05. The molecule has 1 aromatic carbocycles. The summed E-state index contributed by atoms with van der Waals surface area (Å²) in [6.45, 7) is 0.638. The van der Waals surface area contributed by atoms with Gasteiger partial charge < -0.3 is 15.0 Å². The normalized spacial score (nSPS) is 10.9. The molecule has 2 aromatic heterocycles. The number of carbonyl (C=O) groups excluding carboxylic acids is 1. The van der Waals surface area contributed by atoms with Crippen LogP contribution in [-0.4, -0.2) is 39.0 Å². The van der Waals surface area contributed by atoms with E-state index >= 15 is 0 Å². The summed E-state index contributed by atoms with van der Waals surface area (Å²) in [6.07, 6.45) is 5.50. The highest BCUT2D eigenvalue weighted by Crippen LogP contribution is 2.23. The highest BCUT2D eigenvalue weighted by molar-refractivity contribution is 6.31. The van der Waals surface area contributed by atoms with Gasteiger partial charge in [-0.25, -0.2) is 0 Å². The van der Waals surface area contributed by atoms with E-state index in [-0.39, 0.29) is 25.5 Å². The first-order valence-electron chi connectivity index (χ1n) is 7.70. The van der Waals surface area contributed by atoms with Crippen molar-refractivity contribution in [2.24, 2.45) is 0 Å². The van der Waals surface area contributed by atoms with E-state index in [9.17, 15) is 9.90 Å². The van der Waals surface area contributed by atoms with Crippen LogP contribution in [0.2, 0.25) is 5.02 Å². The Morgan fingerprint density at radius 3 is 2.96 bits per heavy atom. The maximum Gasteiger partial charge on any atom is 0.227 e. The number of carbonyl (C=O) groups is 1. The van der Waals surface area contributed by atoms with Crippen LogP contribution in [0.15, 0.2) is 48.9 Å². The van der Waals surface area contributed by atoms with E-state index in [2.05, 4.69) is 9.97 Å². The highest BCUT2D eigenvalue weighted by Gasteiger charge is 2.16. The van der Waals surface area contributed by atoms with Crippen molar-refractivity contribution in [2.75, 3.05) is 13.2 Å². The predicted octanol–water partition coefficient (Wildman–Crippen LogP) is 2.78. The number of amides is 1. The summed E-state index contributed by atoms with van der Waals surface area (Å²) in [4.78, 5) is 21.5. The Bertz CT molecular complexity index is 833. The van der Waals surface area contributed by atoms with Crippen molar-refractivity contribution in [3.05, 3.63) is 65.1 Å². The third-order valence-electron chi connectivity index (χ3n) is 3.89. The Labute approximate surface area is 144 Å². The third kappa shape index (κ3) is 3.75. The molecule has 0 spiro atoms. The second-order valence-corrected chi connectivity index (χ2v) is 6.02. The zero-order valence-corrected chi connectivity index (χ0v) is 13.8. The summed E-state index contributed by atoms with van der Waals surface area (Å²) in [5.41, 5.74) is 2.77. The van der Waals surface area contributed by atoms with E-state index in [1.807, 2.05) is 36.5 Å². The molecule has 0 atom stereocenters. The highest BCUT2D eigenvalue weighted by atomic mass is 35.5. The molecule has 0 fully saturated rings. The van der Waals surface area contributed by atoms with Gasteiger partial charge in [-0.2, -0.15) is 0 Å². The van der Waals surface area contributed by atoms with E-state index in [1.54, 1.807) is 17.3 Å². The minimum atomic E-state index is -0.0777. The van der Waals surface area contributed by atoms with Gasteiger partial charge in [0.25, 0.3) is 0 Å². The van der Waals surface area contributed by atoms with Crippen molar-refractivity contribution in [3.63, 3.8) is 0 Å². The van der Waals surface area contributed by atoms with Gasteiger partial charge >= 0.3 is 0 Å². The fraction of sp³-hybridized carbons (Fsp3) is 0.222. The molecule has 0 aliphatic heterocycles. The van der Waals surface area contributed by atoms with Crippen molar-refractivity contribution >= 4 is 28.4 Å². The molecule has 3 aromatic rings. The lowest BCUT2D eigenvalue weighted by Gasteiger charge is -2.21. The second kappa shape index (κ2) is 7.47. The average Bonchev–Trinajstić information content (AvgIpc) is 2.97. The quantitative estimate of drug-likeness (QED) is 0.723. The van der Waals surface area contributed by atoms with Crippen LogP contribution in [0.5, 0.6) is 0 Å². The van der Waals surface area contributed by atoms with Gasteiger partial charge in [0, 0.05) is 47.6 Å². The number of pyridine rings is 1. The summed E-state index contributed by atoms with van der Waals surface area (Å²) in [7, 11) is 0. The number of rotatable bonds is 6. The van der Waals surface area contributed by atoms with E-state index < -0.39 is 0 Å². The van der Waals surface area contributed by atoms with Gasteiger partial charge in [-0.15, -0.1) is 0 Å². The Kier molecular flexibility index (Phi) is 5.13. The summed E-state index contributed by atoms with van der Waals surface area (Å²) < 4.78 is 0. The molecule has 0 unspecified atom stereocenters. The fourth-order valence-electron chi connectivity index (χ4n) is 2.70.